The molecule has 0 saturated heterocycles. The summed E-state index contributed by atoms with van der Waals surface area (Å²) in [6.07, 6.45) is 16.7. The number of aromatic nitrogens is 1. The number of rotatable bonds is 11. The fourth-order valence-corrected chi connectivity index (χ4v) is 2.52. The van der Waals surface area contributed by atoms with Gasteiger partial charge in [0.05, 0.1) is 6.20 Å². The first-order valence-corrected chi connectivity index (χ1v) is 7.74. The van der Waals surface area contributed by atoms with E-state index in [4.69, 9.17) is 4.42 Å². The highest BCUT2D eigenvalue weighted by Gasteiger charge is 2.11. The van der Waals surface area contributed by atoms with Crippen LogP contribution in [0.25, 0.3) is 0 Å². The summed E-state index contributed by atoms with van der Waals surface area (Å²) in [6, 6.07) is 0. The minimum absolute atomic E-state index is 0.793. The number of hydrogen-bond acceptors (Lipinski definition) is 2. The zero-order valence-electron chi connectivity index (χ0n) is 12.2. The molecule has 0 N–H and O–H groups in total. The fourth-order valence-electron chi connectivity index (χ4n) is 2.52. The Morgan fingerprint density at radius 2 is 1.67 bits per heavy atom. The molecule has 0 fully saturated rings. The van der Waals surface area contributed by atoms with E-state index in [2.05, 4.69) is 18.8 Å². The van der Waals surface area contributed by atoms with Gasteiger partial charge < -0.3 is 4.42 Å². The van der Waals surface area contributed by atoms with Gasteiger partial charge in [-0.05, 0) is 5.92 Å². The fraction of sp³-hybridized carbons (Fsp3) is 0.812. The lowest BCUT2D eigenvalue weighted by molar-refractivity contribution is 0.372. The molecule has 0 aromatic carbocycles. The Hall–Kier alpha value is -0.790. The van der Waals surface area contributed by atoms with E-state index in [1.807, 2.05) is 6.20 Å². The molecule has 1 unspecified atom stereocenters. The Balaban J connectivity index is 2.27. The predicted octanol–water partition coefficient (Wildman–Crippen LogP) is 5.38. The summed E-state index contributed by atoms with van der Waals surface area (Å²) in [5.41, 5.74) is 0. The van der Waals surface area contributed by atoms with E-state index in [1.165, 1.54) is 57.8 Å². The second-order valence-corrected chi connectivity index (χ2v) is 5.38. The molecule has 0 aliphatic carbocycles. The third-order valence-corrected chi connectivity index (χ3v) is 3.66. The largest absolute Gasteiger partial charge is 0.449 e. The topological polar surface area (TPSA) is 26.0 Å². The van der Waals surface area contributed by atoms with Crippen LogP contribution in [0.5, 0.6) is 0 Å². The second kappa shape index (κ2) is 10.2. The number of nitrogens with zero attached hydrogens (tertiary/aromatic N) is 1. The van der Waals surface area contributed by atoms with Crippen molar-refractivity contribution in [1.82, 2.24) is 4.98 Å². The molecule has 1 aromatic heterocycles. The van der Waals surface area contributed by atoms with E-state index in [0.29, 0.717) is 0 Å². The average Bonchev–Trinajstić information content (AvgIpc) is 2.87. The van der Waals surface area contributed by atoms with Gasteiger partial charge in [0.2, 0.25) is 0 Å². The second-order valence-electron chi connectivity index (χ2n) is 5.38. The Bertz CT molecular complexity index is 269. The van der Waals surface area contributed by atoms with Crippen molar-refractivity contribution in [3.8, 4) is 0 Å². The molecule has 1 rings (SSSR count). The lowest BCUT2D eigenvalue weighted by Crippen LogP contribution is -2.04. The molecule has 2 nitrogen and oxygen atoms in total. The van der Waals surface area contributed by atoms with Crippen LogP contribution in [-0.4, -0.2) is 4.98 Å². The molecular formula is C16H29NO. The summed E-state index contributed by atoms with van der Waals surface area (Å²) >= 11 is 0. The van der Waals surface area contributed by atoms with Gasteiger partial charge in [-0.25, -0.2) is 4.98 Å². The van der Waals surface area contributed by atoms with Gasteiger partial charge in [0, 0.05) is 6.42 Å². The Kier molecular flexibility index (Phi) is 8.62. The normalized spacial score (nSPS) is 12.8. The van der Waals surface area contributed by atoms with Crippen molar-refractivity contribution < 1.29 is 4.42 Å². The summed E-state index contributed by atoms with van der Waals surface area (Å²) in [6.45, 7) is 4.54. The first-order valence-electron chi connectivity index (χ1n) is 7.74. The number of unbranched alkanes of at least 4 members (excludes halogenated alkanes) is 5. The first-order chi connectivity index (χ1) is 8.86. The Labute approximate surface area is 112 Å². The van der Waals surface area contributed by atoms with Crippen molar-refractivity contribution in [2.75, 3.05) is 0 Å². The van der Waals surface area contributed by atoms with E-state index >= 15 is 0 Å². The molecule has 104 valence electrons. The van der Waals surface area contributed by atoms with Crippen LogP contribution in [0.3, 0.4) is 0 Å². The van der Waals surface area contributed by atoms with Crippen molar-refractivity contribution in [3.63, 3.8) is 0 Å². The molecular weight excluding hydrogens is 222 g/mol. The molecule has 18 heavy (non-hydrogen) atoms. The molecule has 0 aliphatic rings. The zero-order valence-corrected chi connectivity index (χ0v) is 12.2. The smallest absolute Gasteiger partial charge is 0.180 e. The van der Waals surface area contributed by atoms with Gasteiger partial charge in [0.15, 0.2) is 6.39 Å². The van der Waals surface area contributed by atoms with Gasteiger partial charge in [0.1, 0.15) is 5.76 Å². The third-order valence-electron chi connectivity index (χ3n) is 3.66. The maximum Gasteiger partial charge on any atom is 0.180 e. The van der Waals surface area contributed by atoms with Crippen LogP contribution in [0.1, 0.15) is 77.4 Å². The minimum atomic E-state index is 0.793. The Morgan fingerprint density at radius 3 is 2.28 bits per heavy atom. The average molecular weight is 251 g/mol. The van der Waals surface area contributed by atoms with E-state index < -0.39 is 0 Å². The molecule has 0 spiro atoms. The van der Waals surface area contributed by atoms with Crippen molar-refractivity contribution in [1.29, 1.82) is 0 Å². The molecule has 1 aromatic rings. The quantitative estimate of drug-likeness (QED) is 0.493. The van der Waals surface area contributed by atoms with Crippen LogP contribution in [0.15, 0.2) is 17.0 Å². The van der Waals surface area contributed by atoms with Crippen LogP contribution in [0, 0.1) is 5.92 Å². The first kappa shape index (κ1) is 15.3. The van der Waals surface area contributed by atoms with Crippen molar-refractivity contribution in [2.45, 2.75) is 78.1 Å². The van der Waals surface area contributed by atoms with Crippen LogP contribution < -0.4 is 0 Å². The summed E-state index contributed by atoms with van der Waals surface area (Å²) in [5, 5.41) is 0. The van der Waals surface area contributed by atoms with Crippen LogP contribution >= 0.6 is 0 Å². The molecule has 0 bridgehead atoms. The maximum absolute atomic E-state index is 5.39. The van der Waals surface area contributed by atoms with E-state index in [-0.39, 0.29) is 0 Å². The van der Waals surface area contributed by atoms with Crippen molar-refractivity contribution in [2.24, 2.45) is 5.92 Å². The minimum Gasteiger partial charge on any atom is -0.449 e. The van der Waals surface area contributed by atoms with Crippen LogP contribution in [0.2, 0.25) is 0 Å². The molecule has 0 amide bonds. The highest BCUT2D eigenvalue weighted by Crippen LogP contribution is 2.22. The van der Waals surface area contributed by atoms with Crippen molar-refractivity contribution >= 4 is 0 Å². The van der Waals surface area contributed by atoms with E-state index in [0.717, 1.165) is 18.1 Å². The molecule has 1 heterocycles. The lowest BCUT2D eigenvalue weighted by Gasteiger charge is -2.15. The van der Waals surface area contributed by atoms with Gasteiger partial charge in [-0.3, -0.25) is 0 Å². The van der Waals surface area contributed by atoms with E-state index in [9.17, 15) is 0 Å². The van der Waals surface area contributed by atoms with Gasteiger partial charge >= 0.3 is 0 Å². The van der Waals surface area contributed by atoms with Gasteiger partial charge in [-0.15, -0.1) is 0 Å². The summed E-state index contributed by atoms with van der Waals surface area (Å²) in [5.74, 6) is 1.85. The van der Waals surface area contributed by atoms with Crippen molar-refractivity contribution in [3.05, 3.63) is 18.4 Å². The molecule has 2 heteroatoms. The van der Waals surface area contributed by atoms with E-state index in [1.54, 1.807) is 6.39 Å². The summed E-state index contributed by atoms with van der Waals surface area (Å²) in [7, 11) is 0. The summed E-state index contributed by atoms with van der Waals surface area (Å²) < 4.78 is 5.39. The maximum atomic E-state index is 5.39. The zero-order chi connectivity index (χ0) is 13.1. The Morgan fingerprint density at radius 1 is 1.00 bits per heavy atom. The standard InChI is InChI=1S/C16H29NO/c1-3-5-7-9-11-15(10-8-6-4-2)12-16-13-17-14-18-16/h13-15H,3-12H2,1-2H3. The van der Waals surface area contributed by atoms with Gasteiger partial charge in [0.25, 0.3) is 0 Å². The third kappa shape index (κ3) is 6.83. The molecule has 0 aliphatic heterocycles. The molecule has 0 radical (unpaired) electrons. The van der Waals surface area contributed by atoms with Gasteiger partial charge in [-0.2, -0.15) is 0 Å². The number of oxazole rings is 1. The van der Waals surface area contributed by atoms with Gasteiger partial charge in [-0.1, -0.05) is 71.6 Å². The summed E-state index contributed by atoms with van der Waals surface area (Å²) in [4.78, 5) is 4.01. The molecule has 0 saturated carbocycles. The van der Waals surface area contributed by atoms with Crippen LogP contribution in [0.4, 0.5) is 0 Å². The van der Waals surface area contributed by atoms with Crippen LogP contribution in [-0.2, 0) is 6.42 Å². The highest BCUT2D eigenvalue weighted by atomic mass is 16.3. The lowest BCUT2D eigenvalue weighted by atomic mass is 9.91. The predicted molar refractivity (Wildman–Crippen MR) is 76.6 cm³/mol. The SMILES string of the molecule is CCCCCCC(CCCCC)Cc1cnco1. The monoisotopic (exact) mass is 251 g/mol. The number of hydrogen-bond donors (Lipinski definition) is 0. The molecule has 1 atom stereocenters. The highest BCUT2D eigenvalue weighted by molar-refractivity contribution is 4.90.